The average molecular weight is 299 g/mol. The Kier molecular flexibility index (Phi) is 6.35. The zero-order valence-corrected chi connectivity index (χ0v) is 11.9. The minimum atomic E-state index is -3.71. The third kappa shape index (κ3) is 3.53. The van der Waals surface area contributed by atoms with Crippen LogP contribution in [-0.2, 0) is 13.6 Å². The number of nitrogens with one attached hydrogen (secondary N) is 1. The van der Waals surface area contributed by atoms with Crippen molar-refractivity contribution in [1.82, 2.24) is 5.32 Å². The lowest BCUT2D eigenvalue weighted by molar-refractivity contribution is -0.111. The van der Waals surface area contributed by atoms with Crippen LogP contribution in [0.15, 0.2) is 0 Å². The van der Waals surface area contributed by atoms with Crippen LogP contribution in [0.1, 0.15) is 13.8 Å². The first-order valence-electron chi connectivity index (χ1n) is 6.21. The average Bonchev–Trinajstić information content (AvgIpc) is 2.37. The van der Waals surface area contributed by atoms with Crippen LogP contribution in [0.3, 0.4) is 0 Å². The number of hydrogen-bond acceptors (Lipinski definition) is 8. The minimum absolute atomic E-state index is 0.102. The smallest absolute Gasteiger partial charge is 0.350 e. The Morgan fingerprint density at radius 1 is 1.05 bits per heavy atom. The van der Waals surface area contributed by atoms with Crippen molar-refractivity contribution in [3.63, 3.8) is 0 Å². The maximum atomic E-state index is 12.6. The molecule has 0 aromatic carbocycles. The highest BCUT2D eigenvalue weighted by Gasteiger charge is 2.51. The zero-order chi connectivity index (χ0) is 14.6. The van der Waals surface area contributed by atoms with Gasteiger partial charge in [-0.05, 0) is 13.8 Å². The molecular weight excluding hydrogens is 277 g/mol. The lowest BCUT2D eigenvalue weighted by Gasteiger charge is -2.42. The summed E-state index contributed by atoms with van der Waals surface area (Å²) in [6, 6.07) is -0.919. The van der Waals surface area contributed by atoms with E-state index in [1.165, 1.54) is 0 Å². The van der Waals surface area contributed by atoms with Crippen molar-refractivity contribution >= 4 is 7.60 Å². The van der Waals surface area contributed by atoms with E-state index in [9.17, 15) is 19.9 Å². The second-order valence-electron chi connectivity index (χ2n) is 4.25. The fraction of sp³-hybridized carbons (Fsp3) is 1.00. The van der Waals surface area contributed by atoms with Gasteiger partial charge in [0.05, 0.1) is 25.9 Å². The second-order valence-corrected chi connectivity index (χ2v) is 6.40. The van der Waals surface area contributed by atoms with E-state index in [1.54, 1.807) is 13.8 Å². The maximum Gasteiger partial charge on any atom is 0.350 e. The minimum Gasteiger partial charge on any atom is -0.395 e. The quantitative estimate of drug-likeness (QED) is 0.380. The Balaban J connectivity index is 2.98. The highest BCUT2D eigenvalue weighted by molar-refractivity contribution is 7.54. The van der Waals surface area contributed by atoms with Gasteiger partial charge in [0, 0.05) is 0 Å². The Morgan fingerprint density at radius 3 is 2.00 bits per heavy atom. The summed E-state index contributed by atoms with van der Waals surface area (Å²) in [4.78, 5) is 0. The molecule has 0 amide bonds. The molecule has 0 saturated carbocycles. The van der Waals surface area contributed by atoms with Gasteiger partial charge in [-0.1, -0.05) is 0 Å². The molecule has 5 N–H and O–H groups in total. The third-order valence-corrected chi connectivity index (χ3v) is 5.35. The molecule has 1 aliphatic heterocycles. The first-order chi connectivity index (χ1) is 8.91. The SMILES string of the molecule is CCOP(=O)(OCC)[C@@H]1N[C@H](CO)[C@@H](O)[C@H](O)[C@H]1O. The first-order valence-corrected chi connectivity index (χ1v) is 7.82. The number of piperidine rings is 1. The molecule has 0 aliphatic carbocycles. The predicted molar refractivity (Wildman–Crippen MR) is 66.7 cm³/mol. The second kappa shape index (κ2) is 7.10. The van der Waals surface area contributed by atoms with Crippen LogP contribution in [0, 0.1) is 0 Å². The summed E-state index contributed by atoms with van der Waals surface area (Å²) in [6.07, 6.45) is -4.44. The maximum absolute atomic E-state index is 12.6. The van der Waals surface area contributed by atoms with E-state index in [0.29, 0.717) is 0 Å². The Labute approximate surface area is 111 Å². The van der Waals surface area contributed by atoms with Crippen LogP contribution in [0.4, 0.5) is 0 Å². The summed E-state index contributed by atoms with van der Waals surface area (Å²) in [7, 11) is -3.71. The largest absolute Gasteiger partial charge is 0.395 e. The Hall–Kier alpha value is -0.0500. The van der Waals surface area contributed by atoms with Crippen LogP contribution >= 0.6 is 7.60 Å². The molecule has 0 bridgehead atoms. The number of aliphatic hydroxyl groups is 4. The van der Waals surface area contributed by atoms with Crippen LogP contribution in [0.5, 0.6) is 0 Å². The van der Waals surface area contributed by atoms with Crippen molar-refractivity contribution in [1.29, 1.82) is 0 Å². The van der Waals surface area contributed by atoms with E-state index < -0.39 is 44.3 Å². The van der Waals surface area contributed by atoms with Crippen molar-refractivity contribution in [2.45, 2.75) is 44.0 Å². The van der Waals surface area contributed by atoms with Crippen LogP contribution in [0.25, 0.3) is 0 Å². The van der Waals surface area contributed by atoms with Crippen LogP contribution < -0.4 is 5.32 Å². The lowest BCUT2D eigenvalue weighted by atomic mass is 9.96. The summed E-state index contributed by atoms with van der Waals surface area (Å²) in [5.41, 5.74) is 0. The molecule has 1 rings (SSSR count). The van der Waals surface area contributed by atoms with E-state index in [4.69, 9.17) is 14.2 Å². The fourth-order valence-electron chi connectivity index (χ4n) is 2.04. The van der Waals surface area contributed by atoms with Crippen molar-refractivity contribution < 1.29 is 34.0 Å². The molecule has 114 valence electrons. The highest BCUT2D eigenvalue weighted by atomic mass is 31.2. The first kappa shape index (κ1) is 17.0. The van der Waals surface area contributed by atoms with Crippen LogP contribution in [-0.4, -0.2) is 70.4 Å². The van der Waals surface area contributed by atoms with Crippen LogP contribution in [0.2, 0.25) is 0 Å². The van der Waals surface area contributed by atoms with Gasteiger partial charge >= 0.3 is 7.60 Å². The van der Waals surface area contributed by atoms with Gasteiger partial charge in [-0.3, -0.25) is 9.88 Å². The van der Waals surface area contributed by atoms with Gasteiger partial charge in [0.1, 0.15) is 24.1 Å². The molecular formula is C10H22NO7P. The topological polar surface area (TPSA) is 128 Å². The molecule has 0 aromatic heterocycles. The standard InChI is InChI=1S/C10H22NO7P/c1-3-17-19(16,18-4-2)10-9(15)8(14)7(13)6(5-12)11-10/h6-15H,3-5H2,1-2H3/t6-,7-,8+,9-,10+/m1/s1. The molecule has 1 heterocycles. The van der Waals surface area contributed by atoms with Gasteiger partial charge in [-0.15, -0.1) is 0 Å². The number of hydrogen-bond donors (Lipinski definition) is 5. The molecule has 0 unspecified atom stereocenters. The molecule has 0 spiro atoms. The van der Waals surface area contributed by atoms with Crippen molar-refractivity contribution in [2.75, 3.05) is 19.8 Å². The summed E-state index contributed by atoms with van der Waals surface area (Å²) >= 11 is 0. The number of rotatable bonds is 6. The van der Waals surface area contributed by atoms with Gasteiger partial charge in [0.2, 0.25) is 0 Å². The molecule has 8 nitrogen and oxygen atoms in total. The fourth-order valence-corrected chi connectivity index (χ4v) is 4.08. The van der Waals surface area contributed by atoms with Crippen molar-refractivity contribution in [3.05, 3.63) is 0 Å². The van der Waals surface area contributed by atoms with E-state index in [-0.39, 0.29) is 13.2 Å². The van der Waals surface area contributed by atoms with Crippen molar-refractivity contribution in [3.8, 4) is 0 Å². The summed E-state index contributed by atoms with van der Waals surface area (Å²) in [6.45, 7) is 2.96. The number of aliphatic hydroxyl groups excluding tert-OH is 4. The normalized spacial score (nSPS) is 36.4. The molecule has 1 fully saturated rings. The lowest BCUT2D eigenvalue weighted by Crippen LogP contribution is -2.65. The summed E-state index contributed by atoms with van der Waals surface area (Å²) < 4.78 is 22.7. The van der Waals surface area contributed by atoms with Crippen molar-refractivity contribution in [2.24, 2.45) is 0 Å². The Bertz CT molecular complexity index is 317. The molecule has 1 aliphatic rings. The zero-order valence-electron chi connectivity index (χ0n) is 11.0. The predicted octanol–water partition coefficient (Wildman–Crippen LogP) is -1.37. The van der Waals surface area contributed by atoms with E-state index in [2.05, 4.69) is 5.32 Å². The van der Waals surface area contributed by atoms with Gasteiger partial charge in [0.15, 0.2) is 0 Å². The highest BCUT2D eigenvalue weighted by Crippen LogP contribution is 2.54. The van der Waals surface area contributed by atoms with E-state index in [1.807, 2.05) is 0 Å². The van der Waals surface area contributed by atoms with E-state index in [0.717, 1.165) is 0 Å². The van der Waals surface area contributed by atoms with Gasteiger partial charge in [0.25, 0.3) is 0 Å². The monoisotopic (exact) mass is 299 g/mol. The van der Waals surface area contributed by atoms with Gasteiger partial charge < -0.3 is 29.5 Å². The summed E-state index contributed by atoms with van der Waals surface area (Å²) in [5.74, 6) is -1.21. The molecule has 5 atom stereocenters. The Morgan fingerprint density at radius 2 is 1.58 bits per heavy atom. The van der Waals surface area contributed by atoms with Gasteiger partial charge in [-0.25, -0.2) is 0 Å². The van der Waals surface area contributed by atoms with E-state index >= 15 is 0 Å². The molecule has 9 heteroatoms. The third-order valence-electron chi connectivity index (χ3n) is 2.98. The van der Waals surface area contributed by atoms with Gasteiger partial charge in [-0.2, -0.15) is 0 Å². The molecule has 19 heavy (non-hydrogen) atoms. The molecule has 1 saturated heterocycles. The molecule has 0 radical (unpaired) electrons. The molecule has 0 aromatic rings. The summed E-state index contributed by atoms with van der Waals surface area (Å²) in [5, 5.41) is 41.0.